The molecule has 3 rings (SSSR count). The molecule has 22 heavy (non-hydrogen) atoms. The SMILES string of the molecule is O=C(CCC1CCNC1)N1CCCC(c2ccccc2)CC1. The van der Waals surface area contributed by atoms with Crippen molar-refractivity contribution in [2.75, 3.05) is 26.2 Å². The molecule has 1 aromatic rings. The third-order valence-corrected chi connectivity index (χ3v) is 5.28. The second kappa shape index (κ2) is 7.77. The van der Waals surface area contributed by atoms with Crippen molar-refractivity contribution < 1.29 is 4.79 Å². The van der Waals surface area contributed by atoms with Crippen molar-refractivity contribution >= 4 is 5.91 Å². The van der Waals surface area contributed by atoms with Gasteiger partial charge in [-0.15, -0.1) is 0 Å². The van der Waals surface area contributed by atoms with Gasteiger partial charge in [0.1, 0.15) is 0 Å². The maximum absolute atomic E-state index is 12.5. The number of carbonyl (C=O) groups excluding carboxylic acids is 1. The van der Waals surface area contributed by atoms with Gasteiger partial charge in [0.2, 0.25) is 5.91 Å². The summed E-state index contributed by atoms with van der Waals surface area (Å²) in [6.07, 6.45) is 6.49. The average molecular weight is 300 g/mol. The molecule has 2 fully saturated rings. The lowest BCUT2D eigenvalue weighted by atomic mass is 9.92. The second-order valence-electron chi connectivity index (χ2n) is 6.82. The van der Waals surface area contributed by atoms with Gasteiger partial charge in [0.25, 0.3) is 0 Å². The summed E-state index contributed by atoms with van der Waals surface area (Å²) in [5.41, 5.74) is 1.44. The van der Waals surface area contributed by atoms with Crippen LogP contribution in [0.3, 0.4) is 0 Å². The van der Waals surface area contributed by atoms with Crippen LogP contribution >= 0.6 is 0 Å². The van der Waals surface area contributed by atoms with Gasteiger partial charge in [0.05, 0.1) is 0 Å². The molecule has 0 spiro atoms. The van der Waals surface area contributed by atoms with E-state index in [0.29, 0.717) is 17.7 Å². The molecule has 3 heteroatoms. The smallest absolute Gasteiger partial charge is 0.222 e. The van der Waals surface area contributed by atoms with Crippen LogP contribution in [0.2, 0.25) is 0 Å². The molecule has 0 saturated carbocycles. The van der Waals surface area contributed by atoms with Gasteiger partial charge in [-0.05, 0) is 62.6 Å². The first-order valence-electron chi connectivity index (χ1n) is 8.86. The van der Waals surface area contributed by atoms with Crippen LogP contribution in [-0.2, 0) is 4.79 Å². The van der Waals surface area contributed by atoms with Crippen LogP contribution in [0.1, 0.15) is 50.0 Å². The summed E-state index contributed by atoms with van der Waals surface area (Å²) in [5.74, 6) is 1.71. The van der Waals surface area contributed by atoms with Gasteiger partial charge in [-0.1, -0.05) is 30.3 Å². The minimum atomic E-state index is 0.376. The molecule has 2 heterocycles. The van der Waals surface area contributed by atoms with Gasteiger partial charge in [-0.25, -0.2) is 0 Å². The van der Waals surface area contributed by atoms with Crippen molar-refractivity contribution in [1.82, 2.24) is 10.2 Å². The molecule has 2 saturated heterocycles. The highest BCUT2D eigenvalue weighted by Gasteiger charge is 2.22. The normalized spacial score (nSPS) is 25.9. The molecule has 3 nitrogen and oxygen atoms in total. The highest BCUT2D eigenvalue weighted by molar-refractivity contribution is 5.76. The zero-order valence-corrected chi connectivity index (χ0v) is 13.5. The van der Waals surface area contributed by atoms with Gasteiger partial charge in [-0.2, -0.15) is 0 Å². The highest BCUT2D eigenvalue weighted by Crippen LogP contribution is 2.28. The van der Waals surface area contributed by atoms with E-state index in [9.17, 15) is 4.79 Å². The Morgan fingerprint density at radius 2 is 2.00 bits per heavy atom. The number of benzene rings is 1. The zero-order valence-electron chi connectivity index (χ0n) is 13.5. The fraction of sp³-hybridized carbons (Fsp3) is 0.632. The number of hydrogen-bond donors (Lipinski definition) is 1. The molecule has 0 aliphatic carbocycles. The average Bonchev–Trinajstić information content (AvgIpc) is 2.96. The van der Waals surface area contributed by atoms with Crippen LogP contribution in [0.4, 0.5) is 0 Å². The molecular formula is C19H28N2O. The van der Waals surface area contributed by atoms with Crippen molar-refractivity contribution in [3.05, 3.63) is 35.9 Å². The summed E-state index contributed by atoms with van der Waals surface area (Å²) in [6, 6.07) is 10.8. The fourth-order valence-electron chi connectivity index (χ4n) is 3.85. The number of nitrogens with zero attached hydrogens (tertiary/aromatic N) is 1. The number of amides is 1. The van der Waals surface area contributed by atoms with E-state index < -0.39 is 0 Å². The molecule has 0 radical (unpaired) electrons. The Morgan fingerprint density at radius 1 is 1.14 bits per heavy atom. The Bertz CT molecular complexity index is 468. The van der Waals surface area contributed by atoms with Gasteiger partial charge < -0.3 is 10.2 Å². The Morgan fingerprint density at radius 3 is 2.77 bits per heavy atom. The minimum Gasteiger partial charge on any atom is -0.343 e. The number of carbonyl (C=O) groups is 1. The monoisotopic (exact) mass is 300 g/mol. The van der Waals surface area contributed by atoms with E-state index in [0.717, 1.165) is 51.9 Å². The molecule has 2 atom stereocenters. The van der Waals surface area contributed by atoms with E-state index in [1.807, 2.05) is 0 Å². The predicted octanol–water partition coefficient (Wildman–Crippen LogP) is 3.17. The summed E-state index contributed by atoms with van der Waals surface area (Å²) >= 11 is 0. The Labute approximate surface area is 134 Å². The van der Waals surface area contributed by atoms with Crippen LogP contribution in [0.15, 0.2) is 30.3 Å². The van der Waals surface area contributed by atoms with Crippen molar-refractivity contribution in [2.45, 2.75) is 44.4 Å². The summed E-state index contributed by atoms with van der Waals surface area (Å²) in [6.45, 7) is 4.11. The fourth-order valence-corrected chi connectivity index (χ4v) is 3.85. The maximum Gasteiger partial charge on any atom is 0.222 e. The van der Waals surface area contributed by atoms with Gasteiger partial charge in [-0.3, -0.25) is 4.79 Å². The molecule has 1 aromatic carbocycles. The third kappa shape index (κ3) is 4.10. The lowest BCUT2D eigenvalue weighted by Gasteiger charge is -2.21. The predicted molar refractivity (Wildman–Crippen MR) is 89.8 cm³/mol. The van der Waals surface area contributed by atoms with Crippen LogP contribution in [-0.4, -0.2) is 37.0 Å². The van der Waals surface area contributed by atoms with Crippen molar-refractivity contribution in [2.24, 2.45) is 5.92 Å². The molecule has 1 amide bonds. The third-order valence-electron chi connectivity index (χ3n) is 5.28. The first kappa shape index (κ1) is 15.5. The molecule has 0 bridgehead atoms. The standard InChI is InChI=1S/C19H28N2O/c22-19(9-8-16-10-12-20-15-16)21-13-4-7-18(11-14-21)17-5-2-1-3-6-17/h1-3,5-6,16,18,20H,4,7-15H2. The number of likely N-dealkylation sites (tertiary alicyclic amines) is 1. The van der Waals surface area contributed by atoms with Gasteiger partial charge >= 0.3 is 0 Å². The molecule has 1 N–H and O–H groups in total. The first-order chi connectivity index (χ1) is 10.8. The van der Waals surface area contributed by atoms with E-state index in [2.05, 4.69) is 40.5 Å². The van der Waals surface area contributed by atoms with E-state index >= 15 is 0 Å². The molecular weight excluding hydrogens is 272 g/mol. The molecule has 2 aliphatic heterocycles. The van der Waals surface area contributed by atoms with Crippen molar-refractivity contribution in [1.29, 1.82) is 0 Å². The molecule has 0 aromatic heterocycles. The van der Waals surface area contributed by atoms with Crippen LogP contribution in [0, 0.1) is 5.92 Å². The Kier molecular flexibility index (Phi) is 5.49. The summed E-state index contributed by atoms with van der Waals surface area (Å²) in [4.78, 5) is 14.6. The second-order valence-corrected chi connectivity index (χ2v) is 6.82. The lowest BCUT2D eigenvalue weighted by Crippen LogP contribution is -2.32. The van der Waals surface area contributed by atoms with Gasteiger partial charge in [0, 0.05) is 19.5 Å². The Balaban J connectivity index is 1.48. The van der Waals surface area contributed by atoms with E-state index in [4.69, 9.17) is 0 Å². The topological polar surface area (TPSA) is 32.3 Å². The molecule has 120 valence electrons. The number of rotatable bonds is 4. The summed E-state index contributed by atoms with van der Waals surface area (Å²) in [7, 11) is 0. The van der Waals surface area contributed by atoms with E-state index in [1.54, 1.807) is 0 Å². The largest absolute Gasteiger partial charge is 0.343 e. The maximum atomic E-state index is 12.5. The van der Waals surface area contributed by atoms with Crippen LogP contribution in [0.5, 0.6) is 0 Å². The van der Waals surface area contributed by atoms with Crippen molar-refractivity contribution in [3.63, 3.8) is 0 Å². The van der Waals surface area contributed by atoms with E-state index in [1.165, 1.54) is 18.4 Å². The highest BCUT2D eigenvalue weighted by atomic mass is 16.2. The van der Waals surface area contributed by atoms with Crippen LogP contribution < -0.4 is 5.32 Å². The molecule has 2 aliphatic rings. The van der Waals surface area contributed by atoms with Crippen molar-refractivity contribution in [3.8, 4) is 0 Å². The van der Waals surface area contributed by atoms with Gasteiger partial charge in [0.15, 0.2) is 0 Å². The molecule has 2 unspecified atom stereocenters. The Hall–Kier alpha value is -1.35. The number of nitrogens with one attached hydrogen (secondary N) is 1. The lowest BCUT2D eigenvalue weighted by molar-refractivity contribution is -0.131. The minimum absolute atomic E-state index is 0.376. The first-order valence-corrected chi connectivity index (χ1v) is 8.86. The summed E-state index contributed by atoms with van der Waals surface area (Å²) < 4.78 is 0. The quantitative estimate of drug-likeness (QED) is 0.926. The van der Waals surface area contributed by atoms with Crippen LogP contribution in [0.25, 0.3) is 0 Å². The zero-order chi connectivity index (χ0) is 15.2. The number of hydrogen-bond acceptors (Lipinski definition) is 2. The summed E-state index contributed by atoms with van der Waals surface area (Å²) in [5, 5.41) is 3.38. The van der Waals surface area contributed by atoms with E-state index in [-0.39, 0.29) is 0 Å².